The van der Waals surface area contributed by atoms with Crippen molar-refractivity contribution in [3.8, 4) is 0 Å². The van der Waals surface area contributed by atoms with E-state index in [1.165, 1.54) is 17.2 Å². The van der Waals surface area contributed by atoms with E-state index < -0.39 is 41.0 Å². The van der Waals surface area contributed by atoms with Gasteiger partial charge in [-0.05, 0) is 0 Å². The number of rotatable bonds is 6. The number of thiol groups is 1. The summed E-state index contributed by atoms with van der Waals surface area (Å²) in [5.41, 5.74) is 6.56. The van der Waals surface area contributed by atoms with Gasteiger partial charge in [-0.25, -0.2) is 24.1 Å². The highest BCUT2D eigenvalue weighted by molar-refractivity contribution is 7.80. The minimum Gasteiger partial charge on any atom is -0.387 e. The Kier molecular flexibility index (Phi) is 8.21. The lowest BCUT2D eigenvalue weighted by atomic mass is 10.1. The summed E-state index contributed by atoms with van der Waals surface area (Å²) in [7, 11) is -5.49. The van der Waals surface area contributed by atoms with E-state index in [1.807, 2.05) is 0 Å². The molecule has 4 atom stereocenters. The van der Waals surface area contributed by atoms with Gasteiger partial charge in [-0.15, -0.1) is 0 Å². The first kappa shape index (κ1) is 23.0. The predicted molar refractivity (Wildman–Crippen MR) is 96.2 cm³/mol. The van der Waals surface area contributed by atoms with Crippen LogP contribution in [0.3, 0.4) is 0 Å². The molecule has 2 aromatic heterocycles. The van der Waals surface area contributed by atoms with Crippen molar-refractivity contribution >= 4 is 46.1 Å². The zero-order valence-electron chi connectivity index (χ0n) is 13.9. The van der Waals surface area contributed by atoms with Crippen LogP contribution in [0.4, 0.5) is 5.82 Å². The number of nitrogen functional groups attached to an aromatic ring is 1. The number of ether oxygens (including phenoxy) is 2. The molecular formula is C11H17N5O9P2S. The molecule has 1 fully saturated rings. The Labute approximate surface area is 164 Å². The van der Waals surface area contributed by atoms with Crippen molar-refractivity contribution < 1.29 is 42.9 Å². The molecule has 0 spiro atoms. The predicted octanol–water partition coefficient (Wildman–Crippen LogP) is -0.766. The molecule has 0 aliphatic carbocycles. The van der Waals surface area contributed by atoms with E-state index in [0.29, 0.717) is 11.2 Å². The fourth-order valence-electron chi connectivity index (χ4n) is 2.37. The molecule has 2 aromatic rings. The van der Waals surface area contributed by atoms with E-state index in [2.05, 4.69) is 31.9 Å². The molecule has 17 heteroatoms. The van der Waals surface area contributed by atoms with Gasteiger partial charge in [-0.3, -0.25) is 4.57 Å². The molecular weight excluding hydrogens is 440 g/mol. The highest BCUT2D eigenvalue weighted by Crippen LogP contribution is 2.39. The number of nitrogens with two attached hydrogens (primary N) is 1. The topological polar surface area (TPSA) is 212 Å². The monoisotopic (exact) mass is 457 g/mol. The molecule has 3 rings (SSSR count). The van der Waals surface area contributed by atoms with Gasteiger partial charge in [0.2, 0.25) is 0 Å². The van der Waals surface area contributed by atoms with Crippen LogP contribution in [-0.4, -0.2) is 70.4 Å². The SMILES string of the molecule is Nc1ncnc2c1ncn2C1OC(COCS)[C@@H](O)[C@H]1O.O=POP(=O)(O)O. The Morgan fingerprint density at radius 1 is 1.32 bits per heavy atom. The van der Waals surface area contributed by atoms with Crippen LogP contribution in [0, 0.1) is 0 Å². The summed E-state index contributed by atoms with van der Waals surface area (Å²) in [6, 6.07) is 0. The number of aliphatic hydroxyl groups is 2. The highest BCUT2D eigenvalue weighted by Gasteiger charge is 2.44. The number of imidazole rings is 1. The first-order valence-electron chi connectivity index (χ1n) is 7.39. The van der Waals surface area contributed by atoms with Crippen LogP contribution in [0.1, 0.15) is 6.23 Å². The summed E-state index contributed by atoms with van der Waals surface area (Å²) >= 11 is 3.92. The van der Waals surface area contributed by atoms with Gasteiger partial charge in [0, 0.05) is 0 Å². The summed E-state index contributed by atoms with van der Waals surface area (Å²) < 4.78 is 34.3. The number of fused-ring (bicyclic) bond motifs is 1. The molecule has 1 aliphatic rings. The Balaban J connectivity index is 0.000000345. The van der Waals surface area contributed by atoms with Crippen LogP contribution < -0.4 is 5.73 Å². The second kappa shape index (κ2) is 9.98. The van der Waals surface area contributed by atoms with Gasteiger partial charge in [0.25, 0.3) is 0 Å². The van der Waals surface area contributed by atoms with E-state index in [-0.39, 0.29) is 18.4 Å². The molecule has 0 amide bonds. The normalized spacial score (nSPS) is 25.0. The molecule has 2 unspecified atom stereocenters. The quantitative estimate of drug-likeness (QED) is 0.179. The molecule has 14 nitrogen and oxygen atoms in total. The van der Waals surface area contributed by atoms with Gasteiger partial charge in [0.15, 0.2) is 17.7 Å². The summed E-state index contributed by atoms with van der Waals surface area (Å²) in [5.74, 6) is 0.437. The number of hydrogen-bond donors (Lipinski definition) is 6. The minimum atomic E-state index is -4.49. The van der Waals surface area contributed by atoms with E-state index in [4.69, 9.17) is 25.0 Å². The molecule has 1 saturated heterocycles. The summed E-state index contributed by atoms with van der Waals surface area (Å²) in [4.78, 5) is 27.4. The maximum Gasteiger partial charge on any atom is 0.480 e. The van der Waals surface area contributed by atoms with Crippen LogP contribution in [0.25, 0.3) is 11.2 Å². The number of hydrogen-bond acceptors (Lipinski definition) is 12. The van der Waals surface area contributed by atoms with Crippen LogP contribution in [-0.2, 0) is 22.9 Å². The van der Waals surface area contributed by atoms with Crippen molar-refractivity contribution in [1.82, 2.24) is 19.5 Å². The Morgan fingerprint density at radius 3 is 2.61 bits per heavy atom. The van der Waals surface area contributed by atoms with Gasteiger partial charge in [0.1, 0.15) is 30.2 Å². The maximum absolute atomic E-state index is 10.2. The summed E-state index contributed by atoms with van der Waals surface area (Å²) in [6.07, 6.45) is -0.951. The average molecular weight is 457 g/mol. The fraction of sp³-hybridized carbons (Fsp3) is 0.545. The molecule has 28 heavy (non-hydrogen) atoms. The molecule has 1 aliphatic heterocycles. The van der Waals surface area contributed by atoms with Crippen LogP contribution in [0.5, 0.6) is 0 Å². The van der Waals surface area contributed by atoms with Crippen molar-refractivity contribution in [2.24, 2.45) is 0 Å². The summed E-state index contributed by atoms with van der Waals surface area (Å²) in [5, 5.41) is 20.2. The molecule has 156 valence electrons. The van der Waals surface area contributed by atoms with Crippen molar-refractivity contribution in [3.63, 3.8) is 0 Å². The summed E-state index contributed by atoms with van der Waals surface area (Å²) in [6.45, 7) is 0.127. The maximum atomic E-state index is 10.2. The second-order valence-corrected chi connectivity index (χ2v) is 7.32. The number of aromatic nitrogens is 4. The van der Waals surface area contributed by atoms with Gasteiger partial charge < -0.3 is 35.2 Å². The first-order valence-corrected chi connectivity index (χ1v) is 10.3. The molecule has 3 heterocycles. The van der Waals surface area contributed by atoms with E-state index in [1.54, 1.807) is 0 Å². The van der Waals surface area contributed by atoms with Crippen LogP contribution in [0.2, 0.25) is 0 Å². The van der Waals surface area contributed by atoms with E-state index in [9.17, 15) is 19.3 Å². The standard InChI is InChI=1S/C11H15N5O4S.H2O5P2/c12-9-6-10(14-2-13-9)16(3-15-6)11-8(18)7(17)5(20-11)1-19-4-21;1-6-5-7(2,3)4/h2-3,5,7-8,11,17-18,21H,1,4H2,(H2,12,13,14);(H2,2,3,4)/t5?,7-,8-,11?;/m1./s1. The zero-order chi connectivity index (χ0) is 20.9. The lowest BCUT2D eigenvalue weighted by molar-refractivity contribution is -0.0596. The molecule has 6 N–H and O–H groups in total. The van der Waals surface area contributed by atoms with Gasteiger partial charge in [-0.2, -0.15) is 16.9 Å². The van der Waals surface area contributed by atoms with Crippen molar-refractivity contribution in [2.75, 3.05) is 18.3 Å². The Morgan fingerprint density at radius 2 is 2.04 bits per heavy atom. The highest BCUT2D eigenvalue weighted by atomic mass is 32.1. The first-order chi connectivity index (χ1) is 13.2. The van der Waals surface area contributed by atoms with Gasteiger partial charge in [0.05, 0.1) is 18.9 Å². The smallest absolute Gasteiger partial charge is 0.387 e. The average Bonchev–Trinajstić information content (AvgIpc) is 3.16. The number of aliphatic hydroxyl groups excluding tert-OH is 2. The van der Waals surface area contributed by atoms with E-state index >= 15 is 0 Å². The number of anilines is 1. The lowest BCUT2D eigenvalue weighted by Crippen LogP contribution is -2.33. The molecule has 0 bridgehead atoms. The fourth-order valence-corrected chi connectivity index (χ4v) is 2.82. The Hall–Kier alpha value is -1.25. The van der Waals surface area contributed by atoms with Crippen molar-refractivity contribution in [3.05, 3.63) is 12.7 Å². The zero-order valence-corrected chi connectivity index (χ0v) is 16.6. The number of phosphoric acid groups is 1. The minimum absolute atomic E-state index is 0.127. The number of nitrogens with zero attached hydrogens (tertiary/aromatic N) is 4. The van der Waals surface area contributed by atoms with Crippen LogP contribution >= 0.6 is 29.1 Å². The molecule has 0 aromatic carbocycles. The third-order valence-corrected chi connectivity index (χ3v) is 4.81. The third kappa shape index (κ3) is 5.64. The van der Waals surface area contributed by atoms with Crippen molar-refractivity contribution in [1.29, 1.82) is 0 Å². The van der Waals surface area contributed by atoms with Gasteiger partial charge in [-0.1, -0.05) is 0 Å². The van der Waals surface area contributed by atoms with Crippen molar-refractivity contribution in [2.45, 2.75) is 24.5 Å². The molecule has 0 radical (unpaired) electrons. The second-order valence-electron chi connectivity index (χ2n) is 5.28. The lowest BCUT2D eigenvalue weighted by Gasteiger charge is -2.16. The Bertz CT molecular complexity index is 851. The van der Waals surface area contributed by atoms with Crippen LogP contribution in [0.15, 0.2) is 12.7 Å². The van der Waals surface area contributed by atoms with E-state index in [0.717, 1.165) is 0 Å². The third-order valence-electron chi connectivity index (χ3n) is 3.51. The largest absolute Gasteiger partial charge is 0.480 e. The van der Waals surface area contributed by atoms with Gasteiger partial charge >= 0.3 is 16.5 Å². The molecule has 0 saturated carbocycles.